The van der Waals surface area contributed by atoms with Gasteiger partial charge in [-0.3, -0.25) is 0 Å². The molecule has 14 heavy (non-hydrogen) atoms. The smallest absolute Gasteiger partial charge is 0.0520 e. The molecular weight excluding hydrogens is 172 g/mol. The first-order valence-corrected chi connectivity index (χ1v) is 4.71. The van der Waals surface area contributed by atoms with Gasteiger partial charge in [0.05, 0.1) is 5.69 Å². The van der Waals surface area contributed by atoms with Crippen molar-refractivity contribution in [2.75, 3.05) is 25.5 Å². The van der Waals surface area contributed by atoms with E-state index in [1.165, 1.54) is 0 Å². The largest absolute Gasteiger partial charge is 0.377 e. The zero-order valence-corrected chi connectivity index (χ0v) is 8.75. The minimum atomic E-state index is 0.622. The SMILES string of the molecule is CN(C)c1ccccc1C#CCCN. The average molecular weight is 188 g/mol. The van der Waals surface area contributed by atoms with Gasteiger partial charge >= 0.3 is 0 Å². The number of nitrogens with zero attached hydrogens (tertiary/aromatic N) is 1. The molecule has 1 aromatic rings. The number of rotatable bonds is 2. The molecular formula is C12H16N2. The van der Waals surface area contributed by atoms with E-state index in [2.05, 4.69) is 22.8 Å². The van der Waals surface area contributed by atoms with E-state index in [1.54, 1.807) is 0 Å². The highest BCUT2D eigenvalue weighted by atomic mass is 15.1. The van der Waals surface area contributed by atoms with Crippen LogP contribution in [-0.4, -0.2) is 20.6 Å². The minimum Gasteiger partial charge on any atom is -0.377 e. The van der Waals surface area contributed by atoms with Crippen LogP contribution in [-0.2, 0) is 0 Å². The normalized spacial score (nSPS) is 9.07. The maximum absolute atomic E-state index is 5.38. The summed E-state index contributed by atoms with van der Waals surface area (Å²) in [7, 11) is 4.03. The Hall–Kier alpha value is -1.46. The van der Waals surface area contributed by atoms with Crippen molar-refractivity contribution in [3.8, 4) is 11.8 Å². The Morgan fingerprint density at radius 2 is 2.00 bits per heavy atom. The summed E-state index contributed by atoms with van der Waals surface area (Å²) in [5.74, 6) is 6.17. The quantitative estimate of drug-likeness (QED) is 0.712. The highest BCUT2D eigenvalue weighted by molar-refractivity contribution is 5.59. The first kappa shape index (κ1) is 10.6. The molecule has 2 nitrogen and oxygen atoms in total. The molecule has 0 atom stereocenters. The number of benzene rings is 1. The molecule has 0 aromatic heterocycles. The average Bonchev–Trinajstić information content (AvgIpc) is 2.19. The second kappa shape index (κ2) is 5.31. The van der Waals surface area contributed by atoms with Crippen LogP contribution >= 0.6 is 0 Å². The highest BCUT2D eigenvalue weighted by Gasteiger charge is 1.98. The fraction of sp³-hybridized carbons (Fsp3) is 0.333. The van der Waals surface area contributed by atoms with Gasteiger partial charge < -0.3 is 10.6 Å². The molecule has 0 aliphatic heterocycles. The maximum Gasteiger partial charge on any atom is 0.0520 e. The van der Waals surface area contributed by atoms with E-state index >= 15 is 0 Å². The van der Waals surface area contributed by atoms with Crippen LogP contribution in [0.3, 0.4) is 0 Å². The molecule has 74 valence electrons. The predicted molar refractivity (Wildman–Crippen MR) is 61.3 cm³/mol. The van der Waals surface area contributed by atoms with Gasteiger partial charge in [0.1, 0.15) is 0 Å². The summed E-state index contributed by atoms with van der Waals surface area (Å²) < 4.78 is 0. The summed E-state index contributed by atoms with van der Waals surface area (Å²) >= 11 is 0. The van der Waals surface area contributed by atoms with Crippen LogP contribution in [0.5, 0.6) is 0 Å². The van der Waals surface area contributed by atoms with E-state index in [4.69, 9.17) is 5.73 Å². The van der Waals surface area contributed by atoms with Crippen LogP contribution in [0.1, 0.15) is 12.0 Å². The molecule has 1 rings (SSSR count). The molecule has 0 amide bonds. The second-order valence-corrected chi connectivity index (χ2v) is 3.25. The lowest BCUT2D eigenvalue weighted by Crippen LogP contribution is -2.10. The van der Waals surface area contributed by atoms with Gasteiger partial charge in [0.2, 0.25) is 0 Å². The van der Waals surface area contributed by atoms with Crippen molar-refractivity contribution in [2.24, 2.45) is 5.73 Å². The molecule has 0 unspecified atom stereocenters. The lowest BCUT2D eigenvalue weighted by molar-refractivity contribution is 1.03. The summed E-state index contributed by atoms with van der Waals surface area (Å²) in [6.07, 6.45) is 0.752. The van der Waals surface area contributed by atoms with Gasteiger partial charge in [0, 0.05) is 32.6 Å². The fourth-order valence-electron chi connectivity index (χ4n) is 1.20. The Balaban J connectivity index is 2.92. The topological polar surface area (TPSA) is 29.3 Å². The van der Waals surface area contributed by atoms with Crippen LogP contribution in [0.15, 0.2) is 24.3 Å². The van der Waals surface area contributed by atoms with Crippen molar-refractivity contribution in [1.29, 1.82) is 0 Å². The predicted octanol–water partition coefficient (Wildman–Crippen LogP) is 1.45. The molecule has 0 fully saturated rings. The molecule has 0 aliphatic rings. The van der Waals surface area contributed by atoms with Gasteiger partial charge in [-0.25, -0.2) is 0 Å². The number of hydrogen-bond donors (Lipinski definition) is 1. The number of anilines is 1. The summed E-state index contributed by atoms with van der Waals surface area (Å²) in [6.45, 7) is 0.622. The van der Waals surface area contributed by atoms with Gasteiger partial charge in [-0.2, -0.15) is 0 Å². The molecule has 0 saturated carbocycles. The Kier molecular flexibility index (Phi) is 4.03. The Morgan fingerprint density at radius 1 is 1.29 bits per heavy atom. The molecule has 2 heteroatoms. The molecule has 0 aliphatic carbocycles. The summed E-state index contributed by atoms with van der Waals surface area (Å²) in [5, 5.41) is 0. The van der Waals surface area contributed by atoms with Crippen molar-refractivity contribution in [2.45, 2.75) is 6.42 Å². The first-order chi connectivity index (χ1) is 6.75. The third kappa shape index (κ3) is 2.79. The molecule has 0 spiro atoms. The molecule has 1 aromatic carbocycles. The fourth-order valence-corrected chi connectivity index (χ4v) is 1.20. The van der Waals surface area contributed by atoms with Crippen molar-refractivity contribution < 1.29 is 0 Å². The van der Waals surface area contributed by atoms with Crippen LogP contribution in [0.25, 0.3) is 0 Å². The van der Waals surface area contributed by atoms with Crippen LogP contribution in [0.4, 0.5) is 5.69 Å². The van der Waals surface area contributed by atoms with E-state index in [9.17, 15) is 0 Å². The van der Waals surface area contributed by atoms with Crippen LogP contribution in [0, 0.1) is 11.8 Å². The van der Waals surface area contributed by atoms with Crippen molar-refractivity contribution in [3.05, 3.63) is 29.8 Å². The maximum atomic E-state index is 5.38. The zero-order chi connectivity index (χ0) is 10.4. The zero-order valence-electron chi connectivity index (χ0n) is 8.75. The molecule has 0 saturated heterocycles. The third-order valence-electron chi connectivity index (χ3n) is 1.88. The van der Waals surface area contributed by atoms with Crippen molar-refractivity contribution in [3.63, 3.8) is 0 Å². The van der Waals surface area contributed by atoms with Crippen LogP contribution in [0.2, 0.25) is 0 Å². The van der Waals surface area contributed by atoms with Crippen LogP contribution < -0.4 is 10.6 Å². The van der Waals surface area contributed by atoms with Gasteiger partial charge in [-0.1, -0.05) is 24.0 Å². The lowest BCUT2D eigenvalue weighted by Gasteiger charge is -2.13. The van der Waals surface area contributed by atoms with Gasteiger partial charge in [-0.05, 0) is 12.1 Å². The van der Waals surface area contributed by atoms with Gasteiger partial charge in [0.15, 0.2) is 0 Å². The number of para-hydroxylation sites is 1. The van der Waals surface area contributed by atoms with E-state index in [0.29, 0.717) is 6.54 Å². The highest BCUT2D eigenvalue weighted by Crippen LogP contribution is 2.16. The Bertz CT molecular complexity index is 345. The Morgan fingerprint density at radius 3 is 2.64 bits per heavy atom. The number of hydrogen-bond acceptors (Lipinski definition) is 2. The summed E-state index contributed by atoms with van der Waals surface area (Å²) in [6, 6.07) is 8.11. The van der Waals surface area contributed by atoms with Gasteiger partial charge in [-0.15, -0.1) is 0 Å². The molecule has 0 radical (unpaired) electrons. The third-order valence-corrected chi connectivity index (χ3v) is 1.88. The van der Waals surface area contributed by atoms with E-state index in [-0.39, 0.29) is 0 Å². The summed E-state index contributed by atoms with van der Waals surface area (Å²) in [5.41, 5.74) is 7.59. The van der Waals surface area contributed by atoms with Crippen molar-refractivity contribution in [1.82, 2.24) is 0 Å². The van der Waals surface area contributed by atoms with Crippen molar-refractivity contribution >= 4 is 5.69 Å². The molecule has 0 bridgehead atoms. The van der Waals surface area contributed by atoms with Gasteiger partial charge in [0.25, 0.3) is 0 Å². The van der Waals surface area contributed by atoms with E-state index < -0.39 is 0 Å². The van der Waals surface area contributed by atoms with E-state index in [0.717, 1.165) is 17.7 Å². The second-order valence-electron chi connectivity index (χ2n) is 3.25. The lowest BCUT2D eigenvalue weighted by atomic mass is 10.1. The summed E-state index contributed by atoms with van der Waals surface area (Å²) in [4.78, 5) is 2.06. The number of nitrogens with two attached hydrogens (primary N) is 1. The Labute approximate surface area is 85.7 Å². The molecule has 2 N–H and O–H groups in total. The monoisotopic (exact) mass is 188 g/mol. The molecule has 0 heterocycles. The first-order valence-electron chi connectivity index (χ1n) is 4.71. The minimum absolute atomic E-state index is 0.622. The standard InChI is InChI=1S/C12H16N2/c1-14(2)12-9-4-3-7-11(12)8-5-6-10-13/h3-4,7,9H,6,10,13H2,1-2H3. The van der Waals surface area contributed by atoms with E-state index in [1.807, 2.05) is 32.3 Å².